The molecule has 1 aliphatic heterocycles. The summed E-state index contributed by atoms with van der Waals surface area (Å²) in [4.78, 5) is 11.5. The molecule has 0 radical (unpaired) electrons. The second-order valence-electron chi connectivity index (χ2n) is 10.4. The normalized spacial score (nSPS) is 23.8. The fraction of sp³-hybridized carbons (Fsp3) is 0.710. The quantitative estimate of drug-likeness (QED) is 0.0517. The lowest BCUT2D eigenvalue weighted by atomic mass is 9.99. The number of aliphatic hydroxyl groups excluding tert-OH is 3. The Morgan fingerprint density at radius 2 is 1.45 bits per heavy atom. The zero-order chi connectivity index (χ0) is 32.6. The number of aliphatic hydroxyl groups is 3. The number of hydrogen-bond acceptors (Lipinski definition) is 11. The predicted octanol–water partition coefficient (Wildman–Crippen LogP) is 3.72. The Morgan fingerprint density at radius 1 is 0.864 bits per heavy atom. The number of carbonyl (C=O) groups is 1. The predicted molar refractivity (Wildman–Crippen MR) is 165 cm³/mol. The minimum absolute atomic E-state index is 0.00519. The van der Waals surface area contributed by atoms with Crippen LogP contribution in [-0.2, 0) is 38.3 Å². The third kappa shape index (κ3) is 19.4. The molecular formula is C31H52O12S. The van der Waals surface area contributed by atoms with Crippen LogP contribution in [0.3, 0.4) is 0 Å². The molecule has 44 heavy (non-hydrogen) atoms. The van der Waals surface area contributed by atoms with Crippen LogP contribution < -0.4 is 0 Å². The summed E-state index contributed by atoms with van der Waals surface area (Å²) in [5.74, 6) is -0.586. The average molecular weight is 649 g/mol. The number of allylic oxidation sites excluding steroid dienone is 8. The van der Waals surface area contributed by atoms with E-state index in [0.717, 1.165) is 64.2 Å². The van der Waals surface area contributed by atoms with E-state index in [-0.39, 0.29) is 13.2 Å². The lowest BCUT2D eigenvalue weighted by Gasteiger charge is -2.41. The monoisotopic (exact) mass is 648 g/mol. The lowest BCUT2D eigenvalue weighted by Crippen LogP contribution is -2.60. The van der Waals surface area contributed by atoms with Gasteiger partial charge in [0.25, 0.3) is 0 Å². The Labute approximate surface area is 262 Å². The van der Waals surface area contributed by atoms with Crippen LogP contribution in [0.4, 0.5) is 0 Å². The smallest absolute Gasteiger partial charge is 0.397 e. The van der Waals surface area contributed by atoms with Crippen LogP contribution in [0.5, 0.6) is 0 Å². The average Bonchev–Trinajstić information content (AvgIpc) is 2.97. The first kappa shape index (κ1) is 40.1. The molecule has 4 N–H and O–H groups in total. The lowest BCUT2D eigenvalue weighted by molar-refractivity contribution is -0.301. The molecule has 12 nitrogen and oxygen atoms in total. The molecule has 1 aliphatic rings. The summed E-state index contributed by atoms with van der Waals surface area (Å²) in [5, 5.41) is 29.9. The molecular weight excluding hydrogens is 596 g/mol. The van der Waals surface area contributed by atoms with Gasteiger partial charge in [0.1, 0.15) is 30.5 Å². The van der Waals surface area contributed by atoms with Crippen molar-refractivity contribution in [3.05, 3.63) is 48.6 Å². The Balaban J connectivity index is 2.24. The summed E-state index contributed by atoms with van der Waals surface area (Å²) >= 11 is 0. The van der Waals surface area contributed by atoms with E-state index < -0.39 is 59.8 Å². The van der Waals surface area contributed by atoms with Crippen LogP contribution in [0.15, 0.2) is 48.6 Å². The van der Waals surface area contributed by atoms with Gasteiger partial charge in [-0.25, -0.2) is 4.18 Å². The Bertz CT molecular complexity index is 978. The standard InChI is InChI=1S/C31H52O12S/c1-3-4-5-6-7-8-9-10-11-12-13-14-15-16-17-18-19-20-21-39-23-26(41-25(2)33)24-40-31-29(35)30(43-44(36,37)38)28(34)27(22-32)42-31/h4-5,7-8,10-11,13-14,26-32,34-35H,3,6,9,12,15-24H2,1-2H3,(H,36,37,38)/b5-4-,8-7-,11-10-,14-13-. The highest BCUT2D eigenvalue weighted by atomic mass is 32.3. The molecule has 254 valence electrons. The minimum Gasteiger partial charge on any atom is -0.458 e. The second-order valence-corrected chi connectivity index (χ2v) is 11.4. The first-order chi connectivity index (χ1) is 21.1. The van der Waals surface area contributed by atoms with E-state index in [1.807, 2.05) is 0 Å². The molecule has 0 spiro atoms. The van der Waals surface area contributed by atoms with Gasteiger partial charge in [0.05, 0.1) is 19.8 Å². The van der Waals surface area contributed by atoms with Gasteiger partial charge >= 0.3 is 16.4 Å². The van der Waals surface area contributed by atoms with E-state index in [2.05, 4.69) is 59.7 Å². The molecule has 1 heterocycles. The highest BCUT2D eigenvalue weighted by Gasteiger charge is 2.47. The van der Waals surface area contributed by atoms with Crippen LogP contribution in [-0.4, -0.2) is 97.5 Å². The van der Waals surface area contributed by atoms with Crippen molar-refractivity contribution in [3.8, 4) is 0 Å². The number of ether oxygens (including phenoxy) is 4. The molecule has 1 fully saturated rings. The molecule has 13 heteroatoms. The van der Waals surface area contributed by atoms with Gasteiger partial charge in [0.2, 0.25) is 0 Å². The van der Waals surface area contributed by atoms with Gasteiger partial charge in [-0.05, 0) is 44.9 Å². The maximum atomic E-state index is 11.5. The van der Waals surface area contributed by atoms with Gasteiger partial charge in [0.15, 0.2) is 6.29 Å². The molecule has 0 amide bonds. The summed E-state index contributed by atoms with van der Waals surface area (Å²) in [5.41, 5.74) is 0. The highest BCUT2D eigenvalue weighted by molar-refractivity contribution is 7.80. The van der Waals surface area contributed by atoms with Crippen molar-refractivity contribution in [2.45, 2.75) is 115 Å². The Kier molecular flexibility index (Phi) is 22.1. The number of carbonyl (C=O) groups excluding carboxylic acids is 1. The molecule has 6 atom stereocenters. The molecule has 0 saturated carbocycles. The SMILES string of the molecule is CC/C=C\C/C=C\C/C=C\C/C=C\CCCCCCCOCC(COC1OC(CO)C(O)C(OS(=O)(=O)O)C1O)OC(C)=O. The van der Waals surface area contributed by atoms with Crippen molar-refractivity contribution in [3.63, 3.8) is 0 Å². The van der Waals surface area contributed by atoms with Gasteiger partial charge in [0, 0.05) is 13.5 Å². The fourth-order valence-corrected chi connectivity index (χ4v) is 4.82. The van der Waals surface area contributed by atoms with Crippen LogP contribution in [0.25, 0.3) is 0 Å². The van der Waals surface area contributed by atoms with Crippen molar-refractivity contribution >= 4 is 16.4 Å². The van der Waals surface area contributed by atoms with Crippen LogP contribution in [0, 0.1) is 0 Å². The molecule has 6 unspecified atom stereocenters. The van der Waals surface area contributed by atoms with Crippen molar-refractivity contribution in [1.82, 2.24) is 0 Å². The first-order valence-corrected chi connectivity index (χ1v) is 16.7. The zero-order valence-electron chi connectivity index (χ0n) is 25.9. The Morgan fingerprint density at radius 3 is 2.05 bits per heavy atom. The van der Waals surface area contributed by atoms with E-state index in [4.69, 9.17) is 23.5 Å². The van der Waals surface area contributed by atoms with E-state index in [1.165, 1.54) is 6.92 Å². The second kappa shape index (κ2) is 24.3. The summed E-state index contributed by atoms with van der Waals surface area (Å²) in [6.07, 6.45) is 18.4. The van der Waals surface area contributed by atoms with Crippen molar-refractivity contribution < 1.29 is 56.2 Å². The minimum atomic E-state index is -5.04. The van der Waals surface area contributed by atoms with Gasteiger partial charge in [-0.2, -0.15) is 8.42 Å². The summed E-state index contributed by atoms with van der Waals surface area (Å²) < 4.78 is 57.1. The van der Waals surface area contributed by atoms with E-state index in [1.54, 1.807) is 0 Å². The van der Waals surface area contributed by atoms with Crippen LogP contribution >= 0.6 is 0 Å². The van der Waals surface area contributed by atoms with Crippen molar-refractivity contribution in [2.24, 2.45) is 0 Å². The van der Waals surface area contributed by atoms with Gasteiger partial charge in [-0.1, -0.05) is 74.8 Å². The first-order valence-electron chi connectivity index (χ1n) is 15.3. The molecule has 1 saturated heterocycles. The zero-order valence-corrected chi connectivity index (χ0v) is 26.8. The summed E-state index contributed by atoms with van der Waals surface area (Å²) in [6.45, 7) is 2.75. The maximum absolute atomic E-state index is 11.5. The number of hydrogen-bond donors (Lipinski definition) is 4. The molecule has 0 aliphatic carbocycles. The van der Waals surface area contributed by atoms with Crippen molar-refractivity contribution in [2.75, 3.05) is 26.4 Å². The molecule has 0 aromatic heterocycles. The van der Waals surface area contributed by atoms with Crippen molar-refractivity contribution in [1.29, 1.82) is 0 Å². The number of unbranched alkanes of at least 4 members (excludes halogenated alkanes) is 5. The van der Waals surface area contributed by atoms with Gasteiger partial charge in [-0.3, -0.25) is 9.35 Å². The van der Waals surface area contributed by atoms with E-state index >= 15 is 0 Å². The largest absolute Gasteiger partial charge is 0.458 e. The molecule has 0 aromatic carbocycles. The molecule has 0 aromatic rings. The topological polar surface area (TPSA) is 178 Å². The third-order valence-corrected chi connectivity index (χ3v) is 6.98. The number of esters is 1. The molecule has 1 rings (SSSR count). The van der Waals surface area contributed by atoms with Crippen LogP contribution in [0.1, 0.15) is 78.1 Å². The van der Waals surface area contributed by atoms with Gasteiger partial charge in [-0.15, -0.1) is 0 Å². The third-order valence-electron chi connectivity index (χ3n) is 6.52. The van der Waals surface area contributed by atoms with E-state index in [9.17, 15) is 28.5 Å². The maximum Gasteiger partial charge on any atom is 0.397 e. The van der Waals surface area contributed by atoms with E-state index in [0.29, 0.717) is 6.61 Å². The summed E-state index contributed by atoms with van der Waals surface area (Å²) in [7, 11) is -5.04. The number of rotatable bonds is 24. The summed E-state index contributed by atoms with van der Waals surface area (Å²) in [6, 6.07) is 0. The van der Waals surface area contributed by atoms with Crippen LogP contribution in [0.2, 0.25) is 0 Å². The Hall–Kier alpha value is -1.94. The highest BCUT2D eigenvalue weighted by Crippen LogP contribution is 2.25. The fourth-order valence-electron chi connectivity index (χ4n) is 4.31. The van der Waals surface area contributed by atoms with Gasteiger partial charge < -0.3 is 34.3 Å². The molecule has 0 bridgehead atoms.